The van der Waals surface area contributed by atoms with Crippen LogP contribution in [-0.2, 0) is 21.2 Å². The molecule has 0 spiro atoms. The molecule has 0 bridgehead atoms. The Morgan fingerprint density at radius 2 is 2.18 bits per heavy atom. The summed E-state index contributed by atoms with van der Waals surface area (Å²) < 4.78 is 25.0. The molecular weight excluding hydrogens is 324 g/mol. The van der Waals surface area contributed by atoms with Gasteiger partial charge in [-0.25, -0.2) is 8.42 Å². The van der Waals surface area contributed by atoms with E-state index in [1.807, 2.05) is 29.0 Å². The number of amides is 1. The predicted octanol–water partition coefficient (Wildman–Crippen LogP) is 1.99. The second-order valence-electron chi connectivity index (χ2n) is 6.10. The van der Waals surface area contributed by atoms with E-state index >= 15 is 0 Å². The van der Waals surface area contributed by atoms with E-state index in [1.165, 1.54) is 0 Å². The third-order valence-corrected chi connectivity index (χ3v) is 6.13. The van der Waals surface area contributed by atoms with Crippen LogP contribution in [0.5, 0.6) is 0 Å². The van der Waals surface area contributed by atoms with Crippen LogP contribution in [0.4, 0.5) is 0 Å². The molecule has 1 atom stereocenters. The lowest BCUT2D eigenvalue weighted by Crippen LogP contribution is -2.48. The average Bonchev–Trinajstić information content (AvgIpc) is 2.90. The molecule has 118 valence electrons. The summed E-state index contributed by atoms with van der Waals surface area (Å²) >= 11 is 5.99. The number of carbonyl (C=O) groups excluding carboxylic acids is 1. The van der Waals surface area contributed by atoms with Crippen LogP contribution in [-0.4, -0.2) is 35.9 Å². The fourth-order valence-electron chi connectivity index (χ4n) is 2.93. The number of carbonyl (C=O) groups is 1. The first kappa shape index (κ1) is 15.4. The van der Waals surface area contributed by atoms with E-state index < -0.39 is 15.4 Å². The molecule has 1 amide bonds. The highest BCUT2D eigenvalue weighted by molar-refractivity contribution is 7.91. The molecule has 0 saturated carbocycles. The van der Waals surface area contributed by atoms with Crippen LogP contribution in [0.3, 0.4) is 0 Å². The van der Waals surface area contributed by atoms with Gasteiger partial charge in [0.25, 0.3) is 0 Å². The minimum Gasteiger partial charge on any atom is -0.348 e. The molecule has 0 radical (unpaired) electrons. The third kappa shape index (κ3) is 3.13. The highest BCUT2D eigenvalue weighted by Crippen LogP contribution is 2.23. The third-order valence-electron chi connectivity index (χ3n) is 3.99. The number of halogens is 1. The summed E-state index contributed by atoms with van der Waals surface area (Å²) in [6.45, 7) is 1.92. The lowest BCUT2D eigenvalue weighted by molar-refractivity contribution is -0.123. The van der Waals surface area contributed by atoms with Gasteiger partial charge in [0.2, 0.25) is 5.91 Å². The van der Waals surface area contributed by atoms with Crippen LogP contribution in [0.15, 0.2) is 30.5 Å². The Morgan fingerprint density at radius 3 is 2.86 bits per heavy atom. The molecule has 0 aliphatic carbocycles. The van der Waals surface area contributed by atoms with Crippen molar-refractivity contribution in [2.24, 2.45) is 0 Å². The Balaban J connectivity index is 1.75. The molecule has 1 N–H and O–H groups in total. The van der Waals surface area contributed by atoms with Gasteiger partial charge in [-0.15, -0.1) is 0 Å². The SMILES string of the molecule is CC1(NC(=O)Cn2ccc3ccc(Cl)cc32)CCS(=O)(=O)C1. The van der Waals surface area contributed by atoms with Crippen molar-refractivity contribution in [3.05, 3.63) is 35.5 Å². The molecule has 3 rings (SSSR count). The van der Waals surface area contributed by atoms with Crippen LogP contribution in [0.1, 0.15) is 13.3 Å². The maximum Gasteiger partial charge on any atom is 0.240 e. The zero-order valence-electron chi connectivity index (χ0n) is 12.2. The minimum atomic E-state index is -3.04. The molecule has 1 unspecified atom stereocenters. The number of aromatic nitrogens is 1. The van der Waals surface area contributed by atoms with E-state index in [1.54, 1.807) is 13.0 Å². The number of benzene rings is 1. The molecular formula is C15H17ClN2O3S. The Kier molecular flexibility index (Phi) is 3.69. The quantitative estimate of drug-likeness (QED) is 0.929. The standard InChI is InChI=1S/C15H17ClN2O3S/c1-15(5-7-22(20,21)10-15)17-14(19)9-18-6-4-11-2-3-12(16)8-13(11)18/h2-4,6,8H,5,7,9-10H2,1H3,(H,17,19). The van der Waals surface area contributed by atoms with Gasteiger partial charge in [0.1, 0.15) is 6.54 Å². The summed E-state index contributed by atoms with van der Waals surface area (Å²) in [7, 11) is -3.04. The Labute approximate surface area is 134 Å². The van der Waals surface area contributed by atoms with Crippen LogP contribution in [0, 0.1) is 0 Å². The van der Waals surface area contributed by atoms with Crippen LogP contribution >= 0.6 is 11.6 Å². The highest BCUT2D eigenvalue weighted by Gasteiger charge is 2.39. The summed E-state index contributed by atoms with van der Waals surface area (Å²) in [6.07, 6.45) is 2.29. The van der Waals surface area contributed by atoms with Gasteiger partial charge in [0, 0.05) is 16.7 Å². The summed E-state index contributed by atoms with van der Waals surface area (Å²) in [6, 6.07) is 7.43. The Hall–Kier alpha value is -1.53. The topological polar surface area (TPSA) is 68.2 Å². The van der Waals surface area contributed by atoms with Gasteiger partial charge < -0.3 is 9.88 Å². The van der Waals surface area contributed by atoms with Gasteiger partial charge in [-0.2, -0.15) is 0 Å². The minimum absolute atomic E-state index is 0.00396. The largest absolute Gasteiger partial charge is 0.348 e. The normalized spacial score (nSPS) is 23.7. The van der Waals surface area contributed by atoms with Crippen molar-refractivity contribution < 1.29 is 13.2 Å². The van der Waals surface area contributed by atoms with Gasteiger partial charge in [-0.1, -0.05) is 17.7 Å². The van der Waals surface area contributed by atoms with E-state index in [2.05, 4.69) is 5.32 Å². The molecule has 1 aromatic heterocycles. The smallest absolute Gasteiger partial charge is 0.240 e. The molecule has 1 aliphatic rings. The predicted molar refractivity (Wildman–Crippen MR) is 86.8 cm³/mol. The zero-order chi connectivity index (χ0) is 16.0. The zero-order valence-corrected chi connectivity index (χ0v) is 13.7. The maximum atomic E-state index is 12.3. The molecule has 5 nitrogen and oxygen atoms in total. The Morgan fingerprint density at radius 1 is 1.41 bits per heavy atom. The van der Waals surface area contributed by atoms with E-state index in [-0.39, 0.29) is 24.0 Å². The molecule has 1 fully saturated rings. The first-order valence-electron chi connectivity index (χ1n) is 7.02. The molecule has 22 heavy (non-hydrogen) atoms. The second kappa shape index (κ2) is 5.28. The maximum absolute atomic E-state index is 12.3. The Bertz CT molecular complexity index is 844. The van der Waals surface area contributed by atoms with Crippen molar-refractivity contribution in [3.8, 4) is 0 Å². The molecule has 1 aliphatic heterocycles. The van der Waals surface area contributed by atoms with Crippen LogP contribution in [0.2, 0.25) is 5.02 Å². The van der Waals surface area contributed by atoms with Crippen molar-refractivity contribution in [3.63, 3.8) is 0 Å². The van der Waals surface area contributed by atoms with Crippen LogP contribution < -0.4 is 5.32 Å². The first-order valence-corrected chi connectivity index (χ1v) is 9.22. The first-order chi connectivity index (χ1) is 10.3. The van der Waals surface area contributed by atoms with E-state index in [0.29, 0.717) is 11.4 Å². The number of rotatable bonds is 3. The fourth-order valence-corrected chi connectivity index (χ4v) is 5.19. The van der Waals surface area contributed by atoms with Gasteiger partial charge >= 0.3 is 0 Å². The number of sulfone groups is 1. The summed E-state index contributed by atoms with van der Waals surface area (Å²) in [5.41, 5.74) is 0.211. The molecule has 7 heteroatoms. The number of hydrogen-bond acceptors (Lipinski definition) is 3. The molecule has 2 heterocycles. The fraction of sp³-hybridized carbons (Fsp3) is 0.400. The molecule has 2 aromatic rings. The number of hydrogen-bond donors (Lipinski definition) is 1. The van der Waals surface area contributed by atoms with E-state index in [9.17, 15) is 13.2 Å². The number of nitrogens with one attached hydrogen (secondary N) is 1. The molecule has 1 saturated heterocycles. The van der Waals surface area contributed by atoms with Crippen molar-refractivity contribution in [2.45, 2.75) is 25.4 Å². The van der Waals surface area contributed by atoms with E-state index in [0.717, 1.165) is 10.9 Å². The monoisotopic (exact) mass is 340 g/mol. The van der Waals surface area contributed by atoms with E-state index in [4.69, 9.17) is 11.6 Å². The molecule has 1 aromatic carbocycles. The van der Waals surface area contributed by atoms with Crippen molar-refractivity contribution >= 4 is 38.2 Å². The average molecular weight is 341 g/mol. The van der Waals surface area contributed by atoms with Gasteiger partial charge in [0.05, 0.1) is 17.0 Å². The number of fused-ring (bicyclic) bond motifs is 1. The van der Waals surface area contributed by atoms with Crippen molar-refractivity contribution in [1.29, 1.82) is 0 Å². The van der Waals surface area contributed by atoms with Gasteiger partial charge in [0.15, 0.2) is 9.84 Å². The van der Waals surface area contributed by atoms with Crippen molar-refractivity contribution in [2.75, 3.05) is 11.5 Å². The van der Waals surface area contributed by atoms with Crippen LogP contribution in [0.25, 0.3) is 10.9 Å². The lowest BCUT2D eigenvalue weighted by Gasteiger charge is -2.24. The summed E-state index contributed by atoms with van der Waals surface area (Å²) in [4.78, 5) is 12.3. The summed E-state index contributed by atoms with van der Waals surface area (Å²) in [5.74, 6) is -0.0624. The lowest BCUT2D eigenvalue weighted by atomic mass is 10.0. The van der Waals surface area contributed by atoms with Gasteiger partial charge in [-0.3, -0.25) is 4.79 Å². The van der Waals surface area contributed by atoms with Gasteiger partial charge in [-0.05, 0) is 36.9 Å². The number of nitrogens with zero attached hydrogens (tertiary/aromatic N) is 1. The summed E-state index contributed by atoms with van der Waals surface area (Å²) in [5, 5.41) is 4.48. The highest BCUT2D eigenvalue weighted by atomic mass is 35.5. The second-order valence-corrected chi connectivity index (χ2v) is 8.72. The van der Waals surface area contributed by atoms with Crippen molar-refractivity contribution in [1.82, 2.24) is 9.88 Å².